The summed E-state index contributed by atoms with van der Waals surface area (Å²) in [5, 5.41) is 11.6. The molecular weight excluding hydrogens is 719 g/mol. The van der Waals surface area contributed by atoms with Crippen LogP contribution in [0.25, 0.3) is 108 Å². The number of aromatic nitrogens is 1. The summed E-state index contributed by atoms with van der Waals surface area (Å²) in [6.45, 7) is 0. The van der Waals surface area contributed by atoms with Crippen LogP contribution < -0.4 is 0 Å². The highest BCUT2D eigenvalue weighted by molar-refractivity contribution is 7.25. The summed E-state index contributed by atoms with van der Waals surface area (Å²) in [6, 6.07) is 68.9. The summed E-state index contributed by atoms with van der Waals surface area (Å²) >= 11 is 1.91. The highest BCUT2D eigenvalue weighted by Gasteiger charge is 2.52. The smallest absolute Gasteiger partial charge is 0.0725 e. The molecule has 1 spiro atoms. The van der Waals surface area contributed by atoms with Gasteiger partial charge in [0.25, 0.3) is 0 Å². The summed E-state index contributed by atoms with van der Waals surface area (Å²) in [5.74, 6) is 0. The first-order valence-electron chi connectivity index (χ1n) is 20.1. The fraction of sp³-hybridized carbons (Fsp3) is 0.0179. The fourth-order valence-electron chi connectivity index (χ4n) is 11.1. The Morgan fingerprint density at radius 2 is 0.948 bits per heavy atom. The summed E-state index contributed by atoms with van der Waals surface area (Å²) in [7, 11) is 0. The van der Waals surface area contributed by atoms with Crippen molar-refractivity contribution in [3.8, 4) is 44.5 Å². The lowest BCUT2D eigenvalue weighted by atomic mass is 9.70. The van der Waals surface area contributed by atoms with Gasteiger partial charge in [0.05, 0.1) is 10.9 Å². The van der Waals surface area contributed by atoms with E-state index < -0.39 is 5.41 Å². The van der Waals surface area contributed by atoms with Crippen molar-refractivity contribution in [3.05, 3.63) is 210 Å². The molecule has 58 heavy (non-hydrogen) atoms. The Bertz CT molecular complexity index is 3750. The van der Waals surface area contributed by atoms with Gasteiger partial charge in [-0.2, -0.15) is 0 Å². The van der Waals surface area contributed by atoms with Crippen LogP contribution in [0.15, 0.2) is 188 Å². The third kappa shape index (κ3) is 3.79. The van der Waals surface area contributed by atoms with E-state index in [1.54, 1.807) is 0 Å². The molecule has 266 valence electrons. The molecule has 2 aromatic heterocycles. The number of benzene rings is 10. The number of rotatable bonds is 2. The normalized spacial score (nSPS) is 15.3. The molecule has 0 aliphatic heterocycles. The first kappa shape index (κ1) is 31.0. The molecule has 10 aromatic carbocycles. The molecule has 0 saturated heterocycles. The van der Waals surface area contributed by atoms with Gasteiger partial charge in [-0.3, -0.25) is 4.98 Å². The van der Waals surface area contributed by atoms with Crippen LogP contribution >= 0.6 is 11.3 Å². The molecule has 2 aliphatic carbocycles. The molecule has 0 saturated carbocycles. The zero-order chi connectivity index (χ0) is 37.7. The summed E-state index contributed by atoms with van der Waals surface area (Å²) in [4.78, 5) is 4.69. The van der Waals surface area contributed by atoms with Crippen LogP contribution in [-0.4, -0.2) is 4.98 Å². The van der Waals surface area contributed by atoms with Gasteiger partial charge < -0.3 is 0 Å². The molecular formula is C56H31NS. The zero-order valence-electron chi connectivity index (χ0n) is 31.3. The molecule has 1 unspecified atom stereocenters. The minimum Gasteiger partial charge on any atom is -0.256 e. The van der Waals surface area contributed by atoms with E-state index in [9.17, 15) is 0 Å². The number of pyridine rings is 1. The van der Waals surface area contributed by atoms with Gasteiger partial charge in [0.1, 0.15) is 0 Å². The molecule has 2 heterocycles. The molecule has 0 radical (unpaired) electrons. The Labute approximate surface area is 338 Å². The fourth-order valence-corrected chi connectivity index (χ4v) is 12.3. The maximum atomic E-state index is 4.69. The van der Waals surface area contributed by atoms with Crippen molar-refractivity contribution in [2.45, 2.75) is 5.41 Å². The van der Waals surface area contributed by atoms with Crippen LogP contribution in [0, 0.1) is 0 Å². The average molecular weight is 750 g/mol. The van der Waals surface area contributed by atoms with E-state index >= 15 is 0 Å². The Kier molecular flexibility index (Phi) is 5.90. The van der Waals surface area contributed by atoms with Crippen LogP contribution in [-0.2, 0) is 5.41 Å². The van der Waals surface area contributed by atoms with Gasteiger partial charge in [-0.15, -0.1) is 11.3 Å². The summed E-state index contributed by atoms with van der Waals surface area (Å²) < 4.78 is 2.69. The Morgan fingerprint density at radius 3 is 1.78 bits per heavy atom. The second-order valence-corrected chi connectivity index (χ2v) is 17.2. The van der Waals surface area contributed by atoms with E-state index in [1.807, 2.05) is 23.6 Å². The lowest BCUT2D eigenvalue weighted by Crippen LogP contribution is -2.25. The van der Waals surface area contributed by atoms with E-state index in [4.69, 9.17) is 0 Å². The standard InChI is InChI=1S/C56H31NS/c1-4-14-47-38(9-1)40-25-22-34(29-49(40)56(47)48-15-5-2-10-39(48)45-31-53-46(30-50(45)56)42-11-3-6-17-52(42)58-53)35-23-18-32-21-27-44-37(24-19-33-20-26-43(35)54(32)55(33)44)36-12-7-16-51-41(36)13-8-28-57-51/h1-31H. The molecule has 14 rings (SSSR count). The molecule has 0 fully saturated rings. The lowest BCUT2D eigenvalue weighted by molar-refractivity contribution is 0.795. The van der Waals surface area contributed by atoms with Gasteiger partial charge in [-0.1, -0.05) is 146 Å². The van der Waals surface area contributed by atoms with Crippen molar-refractivity contribution in [2.75, 3.05) is 0 Å². The predicted molar refractivity (Wildman–Crippen MR) is 246 cm³/mol. The molecule has 0 amide bonds. The molecule has 0 bridgehead atoms. The number of hydrogen-bond donors (Lipinski definition) is 0. The molecule has 0 N–H and O–H groups in total. The maximum absolute atomic E-state index is 4.69. The number of thiophene rings is 1. The Morgan fingerprint density at radius 1 is 0.345 bits per heavy atom. The van der Waals surface area contributed by atoms with E-state index in [-0.39, 0.29) is 0 Å². The summed E-state index contributed by atoms with van der Waals surface area (Å²) in [6.07, 6.45) is 1.88. The van der Waals surface area contributed by atoms with E-state index in [0.717, 1.165) is 5.52 Å². The van der Waals surface area contributed by atoms with Crippen LogP contribution in [0.4, 0.5) is 0 Å². The third-order valence-corrected chi connectivity index (χ3v) is 14.6. The monoisotopic (exact) mass is 749 g/mol. The van der Waals surface area contributed by atoms with Gasteiger partial charge in [-0.05, 0) is 135 Å². The largest absolute Gasteiger partial charge is 0.256 e. The molecule has 2 aliphatic rings. The van der Waals surface area contributed by atoms with Gasteiger partial charge in [0, 0.05) is 31.8 Å². The first-order chi connectivity index (χ1) is 28.8. The third-order valence-electron chi connectivity index (χ3n) is 13.5. The van der Waals surface area contributed by atoms with Gasteiger partial charge >= 0.3 is 0 Å². The SMILES string of the molecule is c1ccc2c(c1)-c1ccc(-c3ccc4ccc5c(-c6cccc7ncccc67)ccc6ccc3c4c65)cc1C21c2ccccc2-c2cc3sc4ccccc4c3cc21. The number of fused-ring (bicyclic) bond motifs is 14. The van der Waals surface area contributed by atoms with Crippen molar-refractivity contribution in [2.24, 2.45) is 0 Å². The minimum absolute atomic E-state index is 0.433. The number of hydrogen-bond acceptors (Lipinski definition) is 2. The van der Waals surface area contributed by atoms with Crippen molar-refractivity contribution in [3.63, 3.8) is 0 Å². The zero-order valence-corrected chi connectivity index (χ0v) is 32.1. The van der Waals surface area contributed by atoms with Crippen LogP contribution in [0.3, 0.4) is 0 Å². The van der Waals surface area contributed by atoms with E-state index in [1.165, 1.54) is 125 Å². The highest BCUT2D eigenvalue weighted by atomic mass is 32.1. The average Bonchev–Trinajstić information content (AvgIpc) is 3.90. The highest BCUT2D eigenvalue weighted by Crippen LogP contribution is 2.64. The molecule has 2 heteroatoms. The van der Waals surface area contributed by atoms with Crippen molar-refractivity contribution in [1.29, 1.82) is 0 Å². The maximum Gasteiger partial charge on any atom is 0.0725 e. The topological polar surface area (TPSA) is 12.9 Å². The van der Waals surface area contributed by atoms with Gasteiger partial charge in [-0.25, -0.2) is 0 Å². The Hall–Kier alpha value is -7.13. The first-order valence-corrected chi connectivity index (χ1v) is 20.9. The van der Waals surface area contributed by atoms with Crippen LogP contribution in [0.5, 0.6) is 0 Å². The van der Waals surface area contributed by atoms with E-state index in [2.05, 4.69) is 181 Å². The minimum atomic E-state index is -0.433. The molecule has 1 atom stereocenters. The van der Waals surface area contributed by atoms with Crippen molar-refractivity contribution >= 4 is 74.7 Å². The second-order valence-electron chi connectivity index (χ2n) is 16.1. The quantitative estimate of drug-likeness (QED) is 0.160. The van der Waals surface area contributed by atoms with Gasteiger partial charge in [0.15, 0.2) is 0 Å². The van der Waals surface area contributed by atoms with Crippen molar-refractivity contribution < 1.29 is 0 Å². The second kappa shape index (κ2) is 11.0. The Balaban J connectivity index is 1.04. The van der Waals surface area contributed by atoms with E-state index in [0.29, 0.717) is 0 Å². The molecule has 12 aromatic rings. The van der Waals surface area contributed by atoms with Crippen LogP contribution in [0.2, 0.25) is 0 Å². The predicted octanol–water partition coefficient (Wildman–Crippen LogP) is 15.2. The lowest BCUT2D eigenvalue weighted by Gasteiger charge is -2.31. The molecule has 1 nitrogen and oxygen atoms in total. The number of nitrogens with zero attached hydrogens (tertiary/aromatic N) is 1. The van der Waals surface area contributed by atoms with Gasteiger partial charge in [0.2, 0.25) is 0 Å². The van der Waals surface area contributed by atoms with Crippen LogP contribution in [0.1, 0.15) is 22.3 Å². The summed E-state index contributed by atoms with van der Waals surface area (Å²) in [5.41, 5.74) is 16.4. The van der Waals surface area contributed by atoms with Crippen molar-refractivity contribution in [1.82, 2.24) is 4.98 Å².